The van der Waals surface area contributed by atoms with Crippen molar-refractivity contribution in [3.05, 3.63) is 34.3 Å². The van der Waals surface area contributed by atoms with Gasteiger partial charge in [0.15, 0.2) is 0 Å². The van der Waals surface area contributed by atoms with Crippen LogP contribution in [-0.4, -0.2) is 29.6 Å². The molecule has 1 aromatic carbocycles. The zero-order valence-electron chi connectivity index (χ0n) is 12.8. The predicted molar refractivity (Wildman–Crippen MR) is 88.2 cm³/mol. The zero-order valence-corrected chi connectivity index (χ0v) is 14.4. The number of carboxylic acids is 1. The van der Waals surface area contributed by atoms with Crippen LogP contribution in [0.1, 0.15) is 38.2 Å². The average Bonchev–Trinajstić information content (AvgIpc) is 2.44. The Morgan fingerprint density at radius 1 is 1.33 bits per heavy atom. The lowest BCUT2D eigenvalue weighted by Gasteiger charge is -2.38. The van der Waals surface area contributed by atoms with Gasteiger partial charge < -0.3 is 10.0 Å². The van der Waals surface area contributed by atoms with Crippen LogP contribution in [0.15, 0.2) is 28.7 Å². The van der Waals surface area contributed by atoms with Crippen LogP contribution in [0.4, 0.5) is 0 Å². The normalized spacial score (nSPS) is 26.0. The lowest BCUT2D eigenvalue weighted by atomic mass is 9.70. The second-order valence-corrected chi connectivity index (χ2v) is 7.48. The maximum absolute atomic E-state index is 11.8. The molecule has 0 spiro atoms. The van der Waals surface area contributed by atoms with Crippen LogP contribution in [0.2, 0.25) is 0 Å². The van der Waals surface area contributed by atoms with Gasteiger partial charge in [0.25, 0.3) is 0 Å². The molecule has 4 heteroatoms. The van der Waals surface area contributed by atoms with Crippen molar-refractivity contribution in [2.24, 2.45) is 11.3 Å². The number of carbonyl (C=O) groups is 1. The molecular weight excluding hydrogens is 330 g/mol. The summed E-state index contributed by atoms with van der Waals surface area (Å²) in [6.07, 6.45) is 3.65. The number of hydrogen-bond acceptors (Lipinski definition) is 2. The van der Waals surface area contributed by atoms with Crippen molar-refractivity contribution in [2.45, 2.75) is 39.2 Å². The van der Waals surface area contributed by atoms with Gasteiger partial charge in [0.05, 0.1) is 5.41 Å². The molecule has 1 aliphatic carbocycles. The standard InChI is InChI=1S/C17H24BrNO2/c1-13-7-9-17(10-8-13,16(20)21)12-19(2)11-14-3-5-15(18)6-4-14/h3-6,13H,7-12H2,1-2H3,(H,20,21). The van der Waals surface area contributed by atoms with Crippen LogP contribution in [-0.2, 0) is 11.3 Å². The minimum absolute atomic E-state index is 0.559. The van der Waals surface area contributed by atoms with Crippen LogP contribution in [0.3, 0.4) is 0 Å². The number of aliphatic carboxylic acids is 1. The molecule has 3 nitrogen and oxygen atoms in total. The Hall–Kier alpha value is -0.870. The van der Waals surface area contributed by atoms with E-state index in [-0.39, 0.29) is 0 Å². The lowest BCUT2D eigenvalue weighted by molar-refractivity contribution is -0.153. The molecular formula is C17H24BrNO2. The monoisotopic (exact) mass is 353 g/mol. The zero-order chi connectivity index (χ0) is 15.5. The van der Waals surface area contributed by atoms with Crippen molar-refractivity contribution in [1.29, 1.82) is 0 Å². The van der Waals surface area contributed by atoms with Crippen LogP contribution >= 0.6 is 15.9 Å². The minimum atomic E-state index is -0.628. The van der Waals surface area contributed by atoms with E-state index in [4.69, 9.17) is 0 Å². The van der Waals surface area contributed by atoms with Crippen molar-refractivity contribution in [1.82, 2.24) is 4.90 Å². The number of carboxylic acid groups (broad SMARTS) is 1. The first kappa shape index (κ1) is 16.5. The van der Waals surface area contributed by atoms with Gasteiger partial charge >= 0.3 is 5.97 Å². The van der Waals surface area contributed by atoms with Crippen LogP contribution in [0, 0.1) is 11.3 Å². The molecule has 1 N–H and O–H groups in total. The largest absolute Gasteiger partial charge is 0.481 e. The average molecular weight is 354 g/mol. The van der Waals surface area contributed by atoms with E-state index in [2.05, 4.69) is 39.9 Å². The molecule has 0 atom stereocenters. The number of nitrogens with zero attached hydrogens (tertiary/aromatic N) is 1. The highest BCUT2D eigenvalue weighted by Gasteiger charge is 2.41. The highest BCUT2D eigenvalue weighted by atomic mass is 79.9. The molecule has 0 unspecified atom stereocenters. The van der Waals surface area contributed by atoms with E-state index in [1.807, 2.05) is 19.2 Å². The molecule has 0 radical (unpaired) electrons. The van der Waals surface area contributed by atoms with E-state index in [0.29, 0.717) is 12.5 Å². The molecule has 1 aliphatic rings. The lowest BCUT2D eigenvalue weighted by Crippen LogP contribution is -2.44. The van der Waals surface area contributed by atoms with Gasteiger partial charge in [-0.1, -0.05) is 35.0 Å². The van der Waals surface area contributed by atoms with Gasteiger partial charge in [-0.2, -0.15) is 0 Å². The van der Waals surface area contributed by atoms with Crippen LogP contribution in [0.25, 0.3) is 0 Å². The summed E-state index contributed by atoms with van der Waals surface area (Å²) in [4.78, 5) is 13.9. The molecule has 0 aliphatic heterocycles. The summed E-state index contributed by atoms with van der Waals surface area (Å²) in [6.45, 7) is 3.64. The summed E-state index contributed by atoms with van der Waals surface area (Å²) < 4.78 is 1.07. The molecule has 116 valence electrons. The first-order valence-corrected chi connectivity index (χ1v) is 8.37. The summed E-state index contributed by atoms with van der Waals surface area (Å²) in [5, 5.41) is 9.69. The summed E-state index contributed by atoms with van der Waals surface area (Å²) in [7, 11) is 2.02. The van der Waals surface area contributed by atoms with Crippen LogP contribution in [0.5, 0.6) is 0 Å². The van der Waals surface area contributed by atoms with Gasteiger partial charge in [-0.3, -0.25) is 4.79 Å². The van der Waals surface area contributed by atoms with Crippen molar-refractivity contribution < 1.29 is 9.90 Å². The van der Waals surface area contributed by atoms with Crippen molar-refractivity contribution in [2.75, 3.05) is 13.6 Å². The Balaban J connectivity index is 2.00. The smallest absolute Gasteiger partial charge is 0.310 e. The molecule has 1 aromatic rings. The van der Waals surface area contributed by atoms with Crippen molar-refractivity contribution in [3.8, 4) is 0 Å². The van der Waals surface area contributed by atoms with E-state index < -0.39 is 11.4 Å². The molecule has 0 saturated heterocycles. The first-order chi connectivity index (χ1) is 9.91. The molecule has 0 amide bonds. The SMILES string of the molecule is CC1CCC(CN(C)Cc2ccc(Br)cc2)(C(=O)O)CC1. The number of hydrogen-bond donors (Lipinski definition) is 1. The first-order valence-electron chi connectivity index (χ1n) is 7.58. The van der Waals surface area contributed by atoms with E-state index in [0.717, 1.165) is 36.7 Å². The summed E-state index contributed by atoms with van der Waals surface area (Å²) in [5.41, 5.74) is 0.654. The highest BCUT2D eigenvalue weighted by molar-refractivity contribution is 9.10. The third kappa shape index (κ3) is 4.30. The maximum atomic E-state index is 11.8. The number of halogens is 1. The molecule has 2 rings (SSSR count). The third-order valence-electron chi connectivity index (χ3n) is 4.62. The highest BCUT2D eigenvalue weighted by Crippen LogP contribution is 2.39. The van der Waals surface area contributed by atoms with Crippen molar-refractivity contribution in [3.63, 3.8) is 0 Å². The Kier molecular flexibility index (Phi) is 5.44. The fraction of sp³-hybridized carbons (Fsp3) is 0.588. The van der Waals surface area contributed by atoms with E-state index >= 15 is 0 Å². The topological polar surface area (TPSA) is 40.5 Å². The molecule has 0 heterocycles. The second-order valence-electron chi connectivity index (χ2n) is 6.57. The van der Waals surface area contributed by atoms with E-state index in [1.165, 1.54) is 5.56 Å². The fourth-order valence-corrected chi connectivity index (χ4v) is 3.49. The molecule has 1 fully saturated rings. The molecule has 0 aromatic heterocycles. The number of rotatable bonds is 5. The van der Waals surface area contributed by atoms with Crippen molar-refractivity contribution >= 4 is 21.9 Å². The molecule has 0 bridgehead atoms. The molecule has 21 heavy (non-hydrogen) atoms. The predicted octanol–water partition coefficient (Wildman–Crippen LogP) is 4.16. The summed E-state index contributed by atoms with van der Waals surface area (Å²) in [5.74, 6) is 0.0336. The Morgan fingerprint density at radius 2 is 1.90 bits per heavy atom. The van der Waals surface area contributed by atoms with Gasteiger partial charge in [-0.05, 0) is 56.3 Å². The minimum Gasteiger partial charge on any atom is -0.481 e. The van der Waals surface area contributed by atoms with Gasteiger partial charge in [0.2, 0.25) is 0 Å². The Labute approximate surface area is 135 Å². The van der Waals surface area contributed by atoms with Gasteiger partial charge in [-0.25, -0.2) is 0 Å². The number of benzene rings is 1. The Morgan fingerprint density at radius 3 is 2.43 bits per heavy atom. The third-order valence-corrected chi connectivity index (χ3v) is 5.15. The van der Waals surface area contributed by atoms with E-state index in [9.17, 15) is 9.90 Å². The summed E-state index contributed by atoms with van der Waals surface area (Å²) >= 11 is 3.43. The Bertz CT molecular complexity index is 478. The maximum Gasteiger partial charge on any atom is 0.310 e. The molecule has 1 saturated carbocycles. The quantitative estimate of drug-likeness (QED) is 0.863. The van der Waals surface area contributed by atoms with E-state index in [1.54, 1.807) is 0 Å². The van der Waals surface area contributed by atoms with Gasteiger partial charge in [-0.15, -0.1) is 0 Å². The second kappa shape index (κ2) is 6.93. The summed E-state index contributed by atoms with van der Waals surface area (Å²) in [6, 6.07) is 8.21. The van der Waals surface area contributed by atoms with Gasteiger partial charge in [0.1, 0.15) is 0 Å². The fourth-order valence-electron chi connectivity index (χ4n) is 3.23. The van der Waals surface area contributed by atoms with Crippen LogP contribution < -0.4 is 0 Å². The van der Waals surface area contributed by atoms with Gasteiger partial charge in [0, 0.05) is 17.6 Å².